The van der Waals surface area contributed by atoms with Gasteiger partial charge in [-0.15, -0.1) is 6.42 Å². The number of terminal acetylenes is 1. The lowest BCUT2D eigenvalue weighted by molar-refractivity contribution is -0.109. The Balaban J connectivity index is 1.73. The van der Waals surface area contributed by atoms with Gasteiger partial charge < -0.3 is 15.3 Å². The minimum absolute atomic E-state index is 0.0296. The van der Waals surface area contributed by atoms with Gasteiger partial charge in [-0.25, -0.2) is 0 Å². The second kappa shape index (κ2) is 5.10. The summed E-state index contributed by atoms with van der Waals surface area (Å²) in [4.78, 5) is 0. The first kappa shape index (κ1) is 16.6. The fourth-order valence-corrected chi connectivity index (χ4v) is 6.73. The molecule has 4 aliphatic carbocycles. The minimum atomic E-state index is -1.05. The van der Waals surface area contributed by atoms with Gasteiger partial charge >= 0.3 is 0 Å². The quantitative estimate of drug-likeness (QED) is 0.473. The molecule has 3 fully saturated rings. The monoisotopic (exact) mass is 330 g/mol. The molecule has 3 heteroatoms. The van der Waals surface area contributed by atoms with E-state index in [0.29, 0.717) is 24.7 Å². The number of hydrogen-bond donors (Lipinski definition) is 3. The third-order valence-electron chi connectivity index (χ3n) is 8.41. The average Bonchev–Trinajstić information content (AvgIpc) is 2.85. The molecule has 0 amide bonds. The van der Waals surface area contributed by atoms with Gasteiger partial charge in [0.2, 0.25) is 0 Å². The second-order valence-corrected chi connectivity index (χ2v) is 9.38. The molecule has 0 aromatic carbocycles. The molecule has 0 radical (unpaired) electrons. The van der Waals surface area contributed by atoms with Crippen LogP contribution in [0.15, 0.2) is 11.6 Å². The predicted octanol–water partition coefficient (Wildman–Crippen LogP) is 2.65. The molecule has 0 spiro atoms. The van der Waals surface area contributed by atoms with Gasteiger partial charge in [0.05, 0.1) is 12.2 Å². The first-order chi connectivity index (χ1) is 11.2. The SMILES string of the molecule is C#C[C@@]1(O)CC[C@@]2(C)C(=C[C@H](O)[C@H]3[C@@H]4CC[C@H](O)[C@@]4(C)CC[C@@H]32)C1. The third kappa shape index (κ3) is 2.03. The van der Waals surface area contributed by atoms with Gasteiger partial charge in [-0.1, -0.05) is 31.4 Å². The molecule has 0 aromatic heterocycles. The van der Waals surface area contributed by atoms with Gasteiger partial charge in [0.1, 0.15) is 5.60 Å². The van der Waals surface area contributed by atoms with E-state index in [-0.39, 0.29) is 22.9 Å². The lowest BCUT2D eigenvalue weighted by Gasteiger charge is -2.59. The largest absolute Gasteiger partial charge is 0.393 e. The van der Waals surface area contributed by atoms with Crippen LogP contribution in [0.5, 0.6) is 0 Å². The second-order valence-electron chi connectivity index (χ2n) is 9.38. The van der Waals surface area contributed by atoms with Crippen molar-refractivity contribution in [1.29, 1.82) is 0 Å². The van der Waals surface area contributed by atoms with Crippen molar-refractivity contribution in [3.05, 3.63) is 11.6 Å². The normalized spacial score (nSPS) is 56.5. The van der Waals surface area contributed by atoms with Gasteiger partial charge in [-0.3, -0.25) is 0 Å². The topological polar surface area (TPSA) is 60.7 Å². The summed E-state index contributed by atoms with van der Waals surface area (Å²) in [6, 6.07) is 0. The van der Waals surface area contributed by atoms with E-state index < -0.39 is 11.7 Å². The van der Waals surface area contributed by atoms with Crippen LogP contribution in [-0.4, -0.2) is 33.1 Å². The Kier molecular flexibility index (Phi) is 3.53. The summed E-state index contributed by atoms with van der Waals surface area (Å²) in [6.07, 6.45) is 12.8. The van der Waals surface area contributed by atoms with Gasteiger partial charge in [-0.05, 0) is 67.1 Å². The van der Waals surface area contributed by atoms with Gasteiger partial charge in [0.15, 0.2) is 0 Å². The fourth-order valence-electron chi connectivity index (χ4n) is 6.73. The number of fused-ring (bicyclic) bond motifs is 5. The minimum Gasteiger partial charge on any atom is -0.393 e. The van der Waals surface area contributed by atoms with E-state index in [1.807, 2.05) is 6.08 Å². The van der Waals surface area contributed by atoms with Crippen LogP contribution in [0.1, 0.15) is 58.8 Å². The van der Waals surface area contributed by atoms with Crippen molar-refractivity contribution in [3.8, 4) is 12.3 Å². The molecule has 3 saturated carbocycles. The predicted molar refractivity (Wildman–Crippen MR) is 92.9 cm³/mol. The highest BCUT2D eigenvalue weighted by Gasteiger charge is 2.61. The summed E-state index contributed by atoms with van der Waals surface area (Å²) < 4.78 is 0. The highest BCUT2D eigenvalue weighted by molar-refractivity contribution is 5.32. The third-order valence-corrected chi connectivity index (χ3v) is 8.41. The maximum Gasteiger partial charge on any atom is 0.128 e. The van der Waals surface area contributed by atoms with Crippen LogP contribution in [0.2, 0.25) is 0 Å². The van der Waals surface area contributed by atoms with E-state index in [1.54, 1.807) is 0 Å². The molecule has 0 unspecified atom stereocenters. The molecule has 0 aromatic rings. The molecular weight excluding hydrogens is 300 g/mol. The van der Waals surface area contributed by atoms with E-state index in [4.69, 9.17) is 6.42 Å². The summed E-state index contributed by atoms with van der Waals surface area (Å²) >= 11 is 0. The Morgan fingerprint density at radius 2 is 1.83 bits per heavy atom. The van der Waals surface area contributed by atoms with Gasteiger partial charge in [-0.2, -0.15) is 0 Å². The van der Waals surface area contributed by atoms with Crippen LogP contribution in [0, 0.1) is 40.9 Å². The summed E-state index contributed by atoms with van der Waals surface area (Å²) in [7, 11) is 0. The molecule has 24 heavy (non-hydrogen) atoms. The Bertz CT molecular complexity index is 619. The average molecular weight is 330 g/mol. The van der Waals surface area contributed by atoms with E-state index in [0.717, 1.165) is 37.7 Å². The molecule has 0 aliphatic heterocycles. The molecule has 132 valence electrons. The van der Waals surface area contributed by atoms with Crippen LogP contribution in [-0.2, 0) is 0 Å². The molecule has 8 atom stereocenters. The maximum absolute atomic E-state index is 11.0. The molecule has 4 aliphatic rings. The molecular formula is C21H30O3. The summed E-state index contributed by atoms with van der Waals surface area (Å²) in [5.74, 6) is 3.62. The van der Waals surface area contributed by atoms with E-state index in [9.17, 15) is 15.3 Å². The van der Waals surface area contributed by atoms with Crippen LogP contribution >= 0.6 is 0 Å². The molecule has 0 heterocycles. The Hall–Kier alpha value is -0.820. The Labute approximate surface area is 145 Å². The fraction of sp³-hybridized carbons (Fsp3) is 0.810. The zero-order valence-electron chi connectivity index (χ0n) is 14.8. The standard InChI is InChI=1S/C21H30O3/c1-4-21(24)10-9-19(2)13(12-21)11-16(22)18-14-5-6-17(23)20(14,3)8-7-15(18)19/h1,11,14-18,22-24H,5-10,12H2,2-3H3/t14-,15-,16-,17-,18-,19-,20-,21+/m0/s1. The van der Waals surface area contributed by atoms with Crippen molar-refractivity contribution in [2.24, 2.45) is 28.6 Å². The van der Waals surface area contributed by atoms with Crippen molar-refractivity contribution >= 4 is 0 Å². The molecule has 0 saturated heterocycles. The van der Waals surface area contributed by atoms with Crippen LogP contribution < -0.4 is 0 Å². The van der Waals surface area contributed by atoms with Crippen molar-refractivity contribution in [2.75, 3.05) is 0 Å². The van der Waals surface area contributed by atoms with E-state index in [2.05, 4.69) is 19.8 Å². The smallest absolute Gasteiger partial charge is 0.128 e. The lowest BCUT2D eigenvalue weighted by atomic mass is 9.46. The number of hydrogen-bond acceptors (Lipinski definition) is 3. The lowest BCUT2D eigenvalue weighted by Crippen LogP contribution is -2.56. The maximum atomic E-state index is 11.0. The van der Waals surface area contributed by atoms with Crippen molar-refractivity contribution in [2.45, 2.75) is 76.6 Å². The molecule has 3 nitrogen and oxygen atoms in total. The van der Waals surface area contributed by atoms with Crippen molar-refractivity contribution in [3.63, 3.8) is 0 Å². The van der Waals surface area contributed by atoms with Crippen molar-refractivity contribution in [1.82, 2.24) is 0 Å². The number of aliphatic hydroxyl groups excluding tert-OH is 2. The first-order valence-electron chi connectivity index (χ1n) is 9.51. The van der Waals surface area contributed by atoms with Crippen LogP contribution in [0.25, 0.3) is 0 Å². The Morgan fingerprint density at radius 1 is 1.08 bits per heavy atom. The highest BCUT2D eigenvalue weighted by atomic mass is 16.3. The molecule has 3 N–H and O–H groups in total. The summed E-state index contributed by atoms with van der Waals surface area (Å²) in [5, 5.41) is 32.0. The van der Waals surface area contributed by atoms with Gasteiger partial charge in [0, 0.05) is 6.42 Å². The van der Waals surface area contributed by atoms with Gasteiger partial charge in [0.25, 0.3) is 0 Å². The molecule has 4 rings (SSSR count). The highest BCUT2D eigenvalue weighted by Crippen LogP contribution is 2.65. The van der Waals surface area contributed by atoms with E-state index >= 15 is 0 Å². The van der Waals surface area contributed by atoms with Crippen LogP contribution in [0.4, 0.5) is 0 Å². The molecule has 0 bridgehead atoms. The van der Waals surface area contributed by atoms with Crippen LogP contribution in [0.3, 0.4) is 0 Å². The van der Waals surface area contributed by atoms with E-state index in [1.165, 1.54) is 0 Å². The van der Waals surface area contributed by atoms with Crippen molar-refractivity contribution < 1.29 is 15.3 Å². The zero-order valence-corrected chi connectivity index (χ0v) is 14.8. The number of aliphatic hydroxyl groups is 3. The first-order valence-corrected chi connectivity index (χ1v) is 9.51. The summed E-state index contributed by atoms with van der Waals surface area (Å²) in [5.41, 5.74) is 0.0926. The Morgan fingerprint density at radius 3 is 2.54 bits per heavy atom. The zero-order chi connectivity index (χ0) is 17.3. The number of rotatable bonds is 0. The summed E-state index contributed by atoms with van der Waals surface area (Å²) in [6.45, 7) is 4.53.